The fourth-order valence-electron chi connectivity index (χ4n) is 2.41. The average Bonchev–Trinajstić information content (AvgIpc) is 2.62. The van der Waals surface area contributed by atoms with E-state index < -0.39 is 0 Å². The molecule has 1 amide bonds. The topological polar surface area (TPSA) is 58.4 Å². The molecule has 4 nitrogen and oxygen atoms in total. The van der Waals surface area contributed by atoms with Crippen molar-refractivity contribution in [2.45, 2.75) is 25.9 Å². The van der Waals surface area contributed by atoms with Crippen molar-refractivity contribution in [3.8, 4) is 0 Å². The zero-order chi connectivity index (χ0) is 13.1. The highest BCUT2D eigenvalue weighted by Crippen LogP contribution is 2.16. The van der Waals surface area contributed by atoms with E-state index in [1.807, 2.05) is 0 Å². The van der Waals surface area contributed by atoms with Crippen molar-refractivity contribution in [3.05, 3.63) is 29.6 Å². The Balaban J connectivity index is 1.93. The van der Waals surface area contributed by atoms with E-state index in [0.29, 0.717) is 12.2 Å². The van der Waals surface area contributed by atoms with Crippen LogP contribution in [-0.2, 0) is 11.3 Å². The molecular formula is C13H18FN3O. The van der Waals surface area contributed by atoms with Crippen LogP contribution in [0, 0.1) is 5.82 Å². The predicted molar refractivity (Wildman–Crippen MR) is 68.3 cm³/mol. The van der Waals surface area contributed by atoms with Crippen LogP contribution >= 0.6 is 0 Å². The van der Waals surface area contributed by atoms with Gasteiger partial charge in [0.05, 0.1) is 0 Å². The normalized spacial score (nSPS) is 20.0. The fourth-order valence-corrected chi connectivity index (χ4v) is 2.41. The quantitative estimate of drug-likeness (QED) is 0.791. The molecule has 2 rings (SSSR count). The highest BCUT2D eigenvalue weighted by Gasteiger charge is 2.22. The van der Waals surface area contributed by atoms with Crippen molar-refractivity contribution in [2.24, 2.45) is 0 Å². The first-order chi connectivity index (χ1) is 8.52. The van der Waals surface area contributed by atoms with Crippen LogP contribution in [0.5, 0.6) is 0 Å². The fraction of sp³-hybridized carbons (Fsp3) is 0.462. The number of amides is 1. The molecule has 0 bridgehead atoms. The number of nitrogen functional groups attached to an aromatic ring is 1. The monoisotopic (exact) mass is 251 g/mol. The van der Waals surface area contributed by atoms with Crippen LogP contribution < -0.4 is 11.1 Å². The number of nitrogens with zero attached hydrogens (tertiary/aromatic N) is 1. The zero-order valence-electron chi connectivity index (χ0n) is 10.4. The Morgan fingerprint density at radius 3 is 3.00 bits per heavy atom. The van der Waals surface area contributed by atoms with Crippen LogP contribution in [0.2, 0.25) is 0 Å². The smallest absolute Gasteiger partial charge is 0.217 e. The summed E-state index contributed by atoms with van der Waals surface area (Å²) in [4.78, 5) is 13.1. The maximum atomic E-state index is 13.2. The highest BCUT2D eigenvalue weighted by molar-refractivity contribution is 5.73. The van der Waals surface area contributed by atoms with Gasteiger partial charge in [0.1, 0.15) is 5.82 Å². The summed E-state index contributed by atoms with van der Waals surface area (Å²) in [6.07, 6.45) is 0.935. The lowest BCUT2D eigenvalue weighted by atomic mass is 10.2. The number of carbonyl (C=O) groups is 1. The number of likely N-dealkylation sites (tertiary alicyclic amines) is 1. The molecule has 1 atom stereocenters. The molecule has 1 aromatic rings. The van der Waals surface area contributed by atoms with Gasteiger partial charge in [0.2, 0.25) is 5.91 Å². The first-order valence-electron chi connectivity index (χ1n) is 6.07. The standard InChI is InChI=1S/C13H18FN3O/c1-9(18)16-13-2-3-17(8-13)7-10-4-11(14)6-12(15)5-10/h4-6,13H,2-3,7-8,15H2,1H3,(H,16,18). The van der Waals surface area contributed by atoms with E-state index in [2.05, 4.69) is 10.2 Å². The highest BCUT2D eigenvalue weighted by atomic mass is 19.1. The number of rotatable bonds is 3. The minimum Gasteiger partial charge on any atom is -0.399 e. The molecule has 18 heavy (non-hydrogen) atoms. The SMILES string of the molecule is CC(=O)NC1CCN(Cc2cc(N)cc(F)c2)C1. The van der Waals surface area contributed by atoms with Gasteiger partial charge >= 0.3 is 0 Å². The van der Waals surface area contributed by atoms with Gasteiger partial charge in [0.25, 0.3) is 0 Å². The van der Waals surface area contributed by atoms with Gasteiger partial charge in [-0.1, -0.05) is 0 Å². The molecule has 1 aromatic carbocycles. The van der Waals surface area contributed by atoms with Crippen molar-refractivity contribution in [1.82, 2.24) is 10.2 Å². The van der Waals surface area contributed by atoms with Gasteiger partial charge in [-0.2, -0.15) is 0 Å². The Labute approximate surface area is 106 Å². The van der Waals surface area contributed by atoms with E-state index in [1.54, 1.807) is 6.07 Å². The van der Waals surface area contributed by atoms with Crippen molar-refractivity contribution in [2.75, 3.05) is 18.8 Å². The van der Waals surface area contributed by atoms with Gasteiger partial charge in [-0.05, 0) is 30.2 Å². The number of anilines is 1. The molecule has 0 radical (unpaired) electrons. The maximum absolute atomic E-state index is 13.2. The number of halogens is 1. The van der Waals surface area contributed by atoms with Crippen molar-refractivity contribution in [1.29, 1.82) is 0 Å². The van der Waals surface area contributed by atoms with E-state index in [1.165, 1.54) is 19.1 Å². The summed E-state index contributed by atoms with van der Waals surface area (Å²) in [6, 6.07) is 4.80. The van der Waals surface area contributed by atoms with Crippen molar-refractivity contribution < 1.29 is 9.18 Å². The molecule has 1 aliphatic rings. The second-order valence-corrected chi connectivity index (χ2v) is 4.81. The van der Waals surface area contributed by atoms with Gasteiger partial charge < -0.3 is 11.1 Å². The molecule has 1 aliphatic heterocycles. The molecule has 3 N–H and O–H groups in total. The minimum absolute atomic E-state index is 0.00292. The lowest BCUT2D eigenvalue weighted by Crippen LogP contribution is -2.35. The third-order valence-corrected chi connectivity index (χ3v) is 3.07. The maximum Gasteiger partial charge on any atom is 0.217 e. The van der Waals surface area contributed by atoms with Crippen molar-refractivity contribution >= 4 is 11.6 Å². The molecule has 1 unspecified atom stereocenters. The van der Waals surface area contributed by atoms with Crippen LogP contribution in [-0.4, -0.2) is 29.9 Å². The molecule has 98 valence electrons. The number of nitrogens with two attached hydrogens (primary N) is 1. The van der Waals surface area contributed by atoms with Crippen LogP contribution in [0.4, 0.5) is 10.1 Å². The predicted octanol–water partition coefficient (Wildman–Crippen LogP) is 1.12. The molecule has 5 heteroatoms. The van der Waals surface area contributed by atoms with E-state index in [4.69, 9.17) is 5.73 Å². The Kier molecular flexibility index (Phi) is 3.81. The minimum atomic E-state index is -0.303. The number of benzene rings is 1. The van der Waals surface area contributed by atoms with Crippen LogP contribution in [0.3, 0.4) is 0 Å². The molecule has 0 aliphatic carbocycles. The number of nitrogens with one attached hydrogen (secondary N) is 1. The van der Waals surface area contributed by atoms with E-state index in [9.17, 15) is 9.18 Å². The second-order valence-electron chi connectivity index (χ2n) is 4.81. The summed E-state index contributed by atoms with van der Waals surface area (Å²) >= 11 is 0. The summed E-state index contributed by atoms with van der Waals surface area (Å²) in [5.41, 5.74) is 6.93. The van der Waals surface area contributed by atoms with E-state index >= 15 is 0 Å². The molecule has 1 heterocycles. The largest absolute Gasteiger partial charge is 0.399 e. The summed E-state index contributed by atoms with van der Waals surface area (Å²) in [7, 11) is 0. The molecule has 1 saturated heterocycles. The van der Waals surface area contributed by atoms with Gasteiger partial charge in [0.15, 0.2) is 0 Å². The van der Waals surface area contributed by atoms with Gasteiger partial charge in [-0.3, -0.25) is 9.69 Å². The molecule has 0 spiro atoms. The van der Waals surface area contributed by atoms with Crippen molar-refractivity contribution in [3.63, 3.8) is 0 Å². The van der Waals surface area contributed by atoms with Crippen LogP contribution in [0.15, 0.2) is 18.2 Å². The van der Waals surface area contributed by atoms with Gasteiger partial charge in [0, 0.05) is 38.3 Å². The summed E-state index contributed by atoms with van der Waals surface area (Å²) in [5.74, 6) is -0.306. The van der Waals surface area contributed by atoms with Crippen LogP contribution in [0.25, 0.3) is 0 Å². The number of hydrogen-bond acceptors (Lipinski definition) is 3. The summed E-state index contributed by atoms with van der Waals surface area (Å²) < 4.78 is 13.2. The Morgan fingerprint density at radius 2 is 2.33 bits per heavy atom. The van der Waals surface area contributed by atoms with E-state index in [0.717, 1.165) is 25.1 Å². The Hall–Kier alpha value is -1.62. The summed E-state index contributed by atoms with van der Waals surface area (Å²) in [6.45, 7) is 3.89. The molecule has 0 saturated carbocycles. The first-order valence-corrected chi connectivity index (χ1v) is 6.07. The lowest BCUT2D eigenvalue weighted by Gasteiger charge is -2.16. The lowest BCUT2D eigenvalue weighted by molar-refractivity contribution is -0.119. The average molecular weight is 251 g/mol. The first kappa shape index (κ1) is 12.8. The molecular weight excluding hydrogens is 233 g/mol. The van der Waals surface area contributed by atoms with E-state index in [-0.39, 0.29) is 17.8 Å². The Morgan fingerprint density at radius 1 is 1.56 bits per heavy atom. The Bertz CT molecular complexity index is 430. The van der Waals surface area contributed by atoms with Gasteiger partial charge in [-0.25, -0.2) is 4.39 Å². The third-order valence-electron chi connectivity index (χ3n) is 3.07. The zero-order valence-corrected chi connectivity index (χ0v) is 10.4. The number of hydrogen-bond donors (Lipinski definition) is 2. The number of carbonyl (C=O) groups excluding carboxylic acids is 1. The van der Waals surface area contributed by atoms with Crippen LogP contribution in [0.1, 0.15) is 18.9 Å². The summed E-state index contributed by atoms with van der Waals surface area (Å²) in [5, 5.41) is 2.90. The van der Waals surface area contributed by atoms with Gasteiger partial charge in [-0.15, -0.1) is 0 Å². The third kappa shape index (κ3) is 3.43. The second kappa shape index (κ2) is 5.35. The molecule has 1 fully saturated rings. The molecule has 0 aromatic heterocycles.